The topological polar surface area (TPSA) is 438 Å². The lowest BCUT2D eigenvalue weighted by Gasteiger charge is -2.16. The predicted octanol–water partition coefficient (Wildman–Crippen LogP) is 25.1. The number of hydrogen-bond acceptors (Lipinski definition) is 20. The van der Waals surface area contributed by atoms with Gasteiger partial charge in [0.05, 0.1) is 29.0 Å². The molecule has 0 radical (unpaired) electrons. The van der Waals surface area contributed by atoms with Crippen LogP contribution < -0.4 is 76.9 Å². The summed E-state index contributed by atoms with van der Waals surface area (Å²) in [6.07, 6.45) is -3.02. The van der Waals surface area contributed by atoms with E-state index in [-0.39, 0.29) is 50.8 Å². The van der Waals surface area contributed by atoms with Crippen LogP contribution in [-0.4, -0.2) is 115 Å². The van der Waals surface area contributed by atoms with Gasteiger partial charge in [-0.2, -0.15) is 0 Å². The molecule has 140 heavy (non-hydrogen) atoms. The second-order valence-electron chi connectivity index (χ2n) is 34.0. The van der Waals surface area contributed by atoms with Crippen molar-refractivity contribution in [2.24, 2.45) is 0 Å². The fourth-order valence-electron chi connectivity index (χ4n) is 13.7. The highest BCUT2D eigenvalue weighted by atomic mass is 79.9. The number of anilines is 10. The Balaban J connectivity index is 0.000000268. The first-order valence-electron chi connectivity index (χ1n) is 43.8. The third-order valence-corrected chi connectivity index (χ3v) is 21.1. The Hall–Kier alpha value is -12.4. The van der Waals surface area contributed by atoms with Crippen LogP contribution >= 0.6 is 101 Å². The lowest BCUT2D eigenvalue weighted by atomic mass is 10.1. The normalized spacial score (nSPS) is 10.6. The Bertz CT molecular complexity index is 5150. The van der Waals surface area contributed by atoms with E-state index in [4.69, 9.17) is 119 Å². The number of nitrogens with one attached hydrogen (secondary N) is 10. The molecule has 10 aromatic rings. The molecule has 0 bridgehead atoms. The first-order chi connectivity index (χ1) is 65.7. The number of carbonyl (C=O) groups is 10. The number of carboxylic acid groups (broad SMARTS) is 5. The molecule has 750 valence electrons. The summed E-state index contributed by atoms with van der Waals surface area (Å²) in [5.74, 6) is -6.41. The molecule has 10 rings (SSSR count). The Morgan fingerprint density at radius 1 is 0.250 bits per heavy atom. The number of aryl methyl sites for hydroxylation is 7. The van der Waals surface area contributed by atoms with Crippen molar-refractivity contribution in [3.8, 4) is 28.7 Å². The lowest BCUT2D eigenvalue weighted by molar-refractivity contribution is -0.141. The molecule has 0 heterocycles. The van der Waals surface area contributed by atoms with Gasteiger partial charge in [0.15, 0.2) is 11.5 Å². The summed E-state index contributed by atoms with van der Waals surface area (Å²) in [4.78, 5) is 111. The number of aliphatic carboxylic acids is 5. The second kappa shape index (κ2) is 56.7. The first-order valence-corrected chi connectivity index (χ1v) is 47.7. The van der Waals surface area contributed by atoms with Crippen molar-refractivity contribution in [3.63, 3.8) is 0 Å². The fourth-order valence-corrected chi connectivity index (χ4v) is 16.8. The molecule has 0 aliphatic heterocycles. The van der Waals surface area contributed by atoms with Crippen molar-refractivity contribution in [1.82, 2.24) is 0 Å². The molecule has 0 saturated carbocycles. The summed E-state index contributed by atoms with van der Waals surface area (Å²) < 4.78 is 30.8. The molecular weight excluding hydrogens is 2060 g/mol. The van der Waals surface area contributed by atoms with Crippen molar-refractivity contribution >= 4 is 218 Å². The standard InChI is InChI=1S/C22H28N2O4.C21H25ClN2O4.C20H22Br2N2O4.C20H22Cl2N2O4.C19H19Cl3N2O4/c1-13(2)23-18-7-14(3)6-17(10-18)12-28-22-15(4)8-19(9-16(22)5)24-20(25)11-21(26)27;1-12(2)23-18-8-15(7-16(22)9-18)11-28-21-13(3)5-17(6-14(21)4)24-19(25)10-20(26)27;2*1-11(2)23-14-5-12(3)4-13(6-14)10-28-20-16(21)7-15(8-17(20)22)24-18(25)9-19(26)27;1-10(2)23-13-4-11(3-12(20)5-13)9-28-19-15(21)6-14(7-16(19)22)24-17(25)8-18(26)27/h6-10,13,23H,11-12H2,1-5H3,(H,24,25)(H,26,27);5-9,12,23H,10-11H2,1-4H3,(H,24,25)(H,26,27);2*4-8,11,23H,9-10H2,1-3H3,(H,24,25)(H,26,27);3-7,10,23H,8-9H2,1-2H3,(H,24,25)(H,26,27). The molecule has 5 amide bonds. The van der Waals surface area contributed by atoms with Gasteiger partial charge in [0.25, 0.3) is 0 Å². The molecule has 0 saturated heterocycles. The second-order valence-corrected chi connectivity index (χ2v) is 38.2. The smallest absolute Gasteiger partial charge is 0.312 e. The Kier molecular flexibility index (Phi) is 47.1. The van der Waals surface area contributed by atoms with Gasteiger partial charge >= 0.3 is 29.8 Å². The van der Waals surface area contributed by atoms with E-state index >= 15 is 0 Å². The van der Waals surface area contributed by atoms with Crippen LogP contribution in [-0.2, 0) is 81.0 Å². The third kappa shape index (κ3) is 43.1. The number of carbonyl (C=O) groups excluding carboxylic acids is 5. The number of ether oxygens (including phenoxy) is 5. The molecule has 0 aliphatic carbocycles. The van der Waals surface area contributed by atoms with E-state index in [2.05, 4.69) is 190 Å². The van der Waals surface area contributed by atoms with Gasteiger partial charge in [0, 0.05) is 97.1 Å². The highest BCUT2D eigenvalue weighted by Gasteiger charge is 2.22. The number of benzene rings is 10. The monoisotopic (exact) mass is 2170 g/mol. The predicted molar refractivity (Wildman–Crippen MR) is 563 cm³/mol. The van der Waals surface area contributed by atoms with Gasteiger partial charge in [-0.15, -0.1) is 0 Å². The van der Waals surface area contributed by atoms with Crippen LogP contribution in [0.15, 0.2) is 161 Å². The van der Waals surface area contributed by atoms with Crippen molar-refractivity contribution in [2.45, 2.75) is 213 Å². The van der Waals surface area contributed by atoms with Crippen molar-refractivity contribution < 1.29 is 97.2 Å². The zero-order chi connectivity index (χ0) is 104. The summed E-state index contributed by atoms with van der Waals surface area (Å²) in [6, 6.07) is 47.5. The Morgan fingerprint density at radius 3 is 0.664 bits per heavy atom. The molecule has 10 aromatic carbocycles. The zero-order valence-corrected chi connectivity index (χ0v) is 88.0. The highest BCUT2D eigenvalue weighted by molar-refractivity contribution is 9.11. The molecule has 0 aromatic heterocycles. The summed E-state index contributed by atoms with van der Waals surface area (Å²) in [7, 11) is 0. The van der Waals surface area contributed by atoms with Crippen LogP contribution in [0.4, 0.5) is 56.9 Å². The molecular formula is C102H116Br2Cl6N10O20. The SMILES string of the molecule is CC(C)Nc1cc(Cl)cc(COc2c(Cl)cc(NC(=O)CC(=O)O)cc2Cl)c1.Cc1cc(COc2c(Br)cc(NC(=O)CC(=O)O)cc2Br)cc(NC(C)C)c1.Cc1cc(COc2c(C)cc(NC(=O)CC(=O)O)cc2C)cc(NC(C)C)c1.Cc1cc(COc2c(Cl)cc(NC(=O)CC(=O)O)cc2Cl)cc(NC(C)C)c1.Cc1cc(NC(=O)CC(=O)O)cc(C)c1OCc1cc(Cl)cc(NC(C)C)c1. The summed E-state index contributed by atoms with van der Waals surface area (Å²) in [5, 5.41) is 74.7. The summed E-state index contributed by atoms with van der Waals surface area (Å²) in [6.45, 7) is 35.9. The van der Waals surface area contributed by atoms with Crippen LogP contribution in [0.3, 0.4) is 0 Å². The molecule has 0 fully saturated rings. The third-order valence-electron chi connectivity index (χ3n) is 18.4. The van der Waals surface area contributed by atoms with Crippen LogP contribution in [0.2, 0.25) is 30.1 Å². The number of hydrogen-bond donors (Lipinski definition) is 15. The van der Waals surface area contributed by atoms with E-state index in [9.17, 15) is 47.9 Å². The molecule has 15 N–H and O–H groups in total. The largest absolute Gasteiger partial charge is 0.488 e. The van der Waals surface area contributed by atoms with Gasteiger partial charge in [0.1, 0.15) is 82.4 Å². The van der Waals surface area contributed by atoms with E-state index in [1.807, 2.05) is 97.9 Å². The van der Waals surface area contributed by atoms with E-state index < -0.39 is 91.5 Å². The maximum absolute atomic E-state index is 11.7. The number of carboxylic acids is 5. The Morgan fingerprint density at radius 2 is 0.443 bits per heavy atom. The van der Waals surface area contributed by atoms with E-state index in [0.717, 1.165) is 107 Å². The minimum absolute atomic E-state index is 0.178. The molecule has 0 atom stereocenters. The molecule has 0 unspecified atom stereocenters. The Labute approximate surface area is 861 Å². The van der Waals surface area contributed by atoms with Crippen molar-refractivity contribution in [3.05, 3.63) is 258 Å². The first kappa shape index (κ1) is 116. The fraction of sp³-hybridized carbons (Fsp3) is 0.314. The van der Waals surface area contributed by atoms with Crippen LogP contribution in [0.5, 0.6) is 28.7 Å². The number of halogens is 8. The maximum Gasteiger partial charge on any atom is 0.312 e. The van der Waals surface area contributed by atoms with Gasteiger partial charge in [-0.05, 0) is 350 Å². The van der Waals surface area contributed by atoms with Gasteiger partial charge in [-0.3, -0.25) is 47.9 Å². The number of amides is 5. The minimum Gasteiger partial charge on any atom is -0.488 e. The maximum atomic E-state index is 11.7. The molecule has 38 heteroatoms. The van der Waals surface area contributed by atoms with Gasteiger partial charge < -0.3 is 102 Å². The van der Waals surface area contributed by atoms with Crippen LogP contribution in [0, 0.1) is 48.5 Å². The van der Waals surface area contributed by atoms with E-state index in [1.165, 1.54) is 24.3 Å². The van der Waals surface area contributed by atoms with Gasteiger partial charge in [-0.25, -0.2) is 0 Å². The van der Waals surface area contributed by atoms with Gasteiger partial charge in [0.2, 0.25) is 29.5 Å². The number of rotatable bonds is 40. The van der Waals surface area contributed by atoms with Crippen molar-refractivity contribution in [2.75, 3.05) is 53.2 Å². The molecule has 0 spiro atoms. The molecule has 0 aliphatic rings. The lowest BCUT2D eigenvalue weighted by Crippen LogP contribution is -2.16. The van der Waals surface area contributed by atoms with Crippen molar-refractivity contribution in [1.29, 1.82) is 0 Å². The van der Waals surface area contributed by atoms with E-state index in [0.29, 0.717) is 97.2 Å². The quantitative estimate of drug-likeness (QED) is 0.0159. The van der Waals surface area contributed by atoms with E-state index in [1.54, 1.807) is 42.5 Å². The van der Waals surface area contributed by atoms with Crippen LogP contribution in [0.1, 0.15) is 168 Å². The minimum atomic E-state index is -1.23. The molecule has 30 nitrogen and oxygen atoms in total. The highest BCUT2D eigenvalue weighted by Crippen LogP contribution is 2.41. The average Bonchev–Trinajstić information content (AvgIpc) is 0.841. The summed E-state index contributed by atoms with van der Waals surface area (Å²) in [5.41, 5.74) is 18.7. The summed E-state index contributed by atoms with van der Waals surface area (Å²) >= 11 is 44.1. The van der Waals surface area contributed by atoms with Gasteiger partial charge in [-0.1, -0.05) is 87.8 Å². The average molecular weight is 2170 g/mol. The zero-order valence-electron chi connectivity index (χ0n) is 80.3. The van der Waals surface area contributed by atoms with Crippen LogP contribution in [0.25, 0.3) is 0 Å².